The third kappa shape index (κ3) is 2.71. The number of nitrogens with one attached hydrogen (secondary N) is 1. The van der Waals surface area contributed by atoms with Crippen LogP contribution in [0, 0.1) is 11.3 Å². The summed E-state index contributed by atoms with van der Waals surface area (Å²) in [7, 11) is 0. The summed E-state index contributed by atoms with van der Waals surface area (Å²) in [5.74, 6) is 0. The lowest BCUT2D eigenvalue weighted by atomic mass is 10.1. The standard InChI is InChI=1S/C12H14N2O/c13-9-10-1-3-11(4-2-10)14-12-5-7-15-8-6-12/h1-4,12,14H,5-8H2. The van der Waals surface area contributed by atoms with E-state index in [4.69, 9.17) is 10.00 Å². The molecule has 0 atom stereocenters. The predicted octanol–water partition coefficient (Wildman–Crippen LogP) is 2.15. The first-order valence-corrected chi connectivity index (χ1v) is 5.23. The smallest absolute Gasteiger partial charge is 0.0991 e. The summed E-state index contributed by atoms with van der Waals surface area (Å²) in [6, 6.07) is 10.2. The van der Waals surface area contributed by atoms with E-state index in [2.05, 4.69) is 11.4 Å². The number of nitriles is 1. The van der Waals surface area contributed by atoms with Gasteiger partial charge in [-0.3, -0.25) is 0 Å². The lowest BCUT2D eigenvalue weighted by Gasteiger charge is -2.24. The van der Waals surface area contributed by atoms with Gasteiger partial charge in [0.25, 0.3) is 0 Å². The molecular weight excluding hydrogens is 188 g/mol. The Morgan fingerprint density at radius 2 is 1.87 bits per heavy atom. The average Bonchev–Trinajstić information content (AvgIpc) is 2.31. The number of anilines is 1. The lowest BCUT2D eigenvalue weighted by Crippen LogP contribution is -2.27. The average molecular weight is 202 g/mol. The minimum absolute atomic E-state index is 0.506. The highest BCUT2D eigenvalue weighted by atomic mass is 16.5. The maximum atomic E-state index is 8.66. The molecule has 0 unspecified atom stereocenters. The molecule has 1 saturated heterocycles. The molecular formula is C12H14N2O. The van der Waals surface area contributed by atoms with E-state index >= 15 is 0 Å². The van der Waals surface area contributed by atoms with Crippen LogP contribution in [0.5, 0.6) is 0 Å². The molecule has 0 saturated carbocycles. The van der Waals surface area contributed by atoms with Gasteiger partial charge < -0.3 is 10.1 Å². The highest BCUT2D eigenvalue weighted by molar-refractivity contribution is 5.47. The molecule has 78 valence electrons. The van der Waals surface area contributed by atoms with Gasteiger partial charge in [0, 0.05) is 24.9 Å². The van der Waals surface area contributed by atoms with E-state index in [0.29, 0.717) is 11.6 Å². The SMILES string of the molecule is N#Cc1ccc(NC2CCOCC2)cc1. The Hall–Kier alpha value is -1.53. The van der Waals surface area contributed by atoms with Crippen molar-refractivity contribution in [2.45, 2.75) is 18.9 Å². The predicted molar refractivity (Wildman–Crippen MR) is 58.6 cm³/mol. The van der Waals surface area contributed by atoms with Crippen LogP contribution in [0.25, 0.3) is 0 Å². The quantitative estimate of drug-likeness (QED) is 0.799. The molecule has 1 aliphatic heterocycles. The number of hydrogen-bond acceptors (Lipinski definition) is 3. The van der Waals surface area contributed by atoms with E-state index in [1.165, 1.54) is 0 Å². The first-order chi connectivity index (χ1) is 7.38. The van der Waals surface area contributed by atoms with E-state index in [0.717, 1.165) is 31.7 Å². The minimum atomic E-state index is 0.506. The second kappa shape index (κ2) is 4.81. The van der Waals surface area contributed by atoms with Crippen LogP contribution in [0.15, 0.2) is 24.3 Å². The molecule has 1 aromatic carbocycles. The third-order valence-electron chi connectivity index (χ3n) is 2.61. The topological polar surface area (TPSA) is 45.0 Å². The molecule has 1 N–H and O–H groups in total. The highest BCUT2D eigenvalue weighted by Crippen LogP contribution is 2.15. The molecule has 3 nitrogen and oxygen atoms in total. The second-order valence-corrected chi connectivity index (χ2v) is 3.72. The van der Waals surface area contributed by atoms with Crippen LogP contribution in [-0.4, -0.2) is 19.3 Å². The maximum Gasteiger partial charge on any atom is 0.0991 e. The van der Waals surface area contributed by atoms with Gasteiger partial charge in [-0.2, -0.15) is 5.26 Å². The van der Waals surface area contributed by atoms with Crippen molar-refractivity contribution in [1.29, 1.82) is 5.26 Å². The Kier molecular flexibility index (Phi) is 3.21. The normalized spacial score (nSPS) is 17.0. The third-order valence-corrected chi connectivity index (χ3v) is 2.61. The first kappa shape index (κ1) is 10.0. The van der Waals surface area contributed by atoms with Gasteiger partial charge in [-0.05, 0) is 37.1 Å². The van der Waals surface area contributed by atoms with E-state index in [9.17, 15) is 0 Å². The summed E-state index contributed by atoms with van der Waals surface area (Å²) >= 11 is 0. The summed E-state index contributed by atoms with van der Waals surface area (Å²) in [6.45, 7) is 1.68. The minimum Gasteiger partial charge on any atom is -0.382 e. The second-order valence-electron chi connectivity index (χ2n) is 3.72. The molecule has 3 heteroatoms. The van der Waals surface area contributed by atoms with Crippen molar-refractivity contribution in [3.8, 4) is 6.07 Å². The highest BCUT2D eigenvalue weighted by Gasteiger charge is 2.12. The van der Waals surface area contributed by atoms with Gasteiger partial charge in [-0.25, -0.2) is 0 Å². The van der Waals surface area contributed by atoms with Gasteiger partial charge in [0.15, 0.2) is 0 Å². The summed E-state index contributed by atoms with van der Waals surface area (Å²) in [4.78, 5) is 0. The maximum absolute atomic E-state index is 8.66. The zero-order valence-corrected chi connectivity index (χ0v) is 8.57. The summed E-state index contributed by atoms with van der Waals surface area (Å²) in [6.07, 6.45) is 2.11. The Labute approximate surface area is 89.7 Å². The van der Waals surface area contributed by atoms with E-state index < -0.39 is 0 Å². The Morgan fingerprint density at radius 3 is 2.47 bits per heavy atom. The van der Waals surface area contributed by atoms with Gasteiger partial charge in [0.05, 0.1) is 11.6 Å². The lowest BCUT2D eigenvalue weighted by molar-refractivity contribution is 0.0904. The fourth-order valence-corrected chi connectivity index (χ4v) is 1.72. The molecule has 2 rings (SSSR count). The molecule has 0 aromatic heterocycles. The zero-order valence-electron chi connectivity index (χ0n) is 8.57. The first-order valence-electron chi connectivity index (χ1n) is 5.23. The Morgan fingerprint density at radius 1 is 1.20 bits per heavy atom. The number of nitrogens with zero attached hydrogens (tertiary/aromatic N) is 1. The van der Waals surface area contributed by atoms with Crippen molar-refractivity contribution in [3.05, 3.63) is 29.8 Å². The molecule has 1 aromatic rings. The molecule has 0 radical (unpaired) electrons. The van der Waals surface area contributed by atoms with Gasteiger partial charge in [-0.1, -0.05) is 0 Å². The molecule has 1 fully saturated rings. The molecule has 1 aliphatic rings. The molecule has 0 bridgehead atoms. The fourth-order valence-electron chi connectivity index (χ4n) is 1.72. The van der Waals surface area contributed by atoms with Crippen molar-refractivity contribution in [2.75, 3.05) is 18.5 Å². The van der Waals surface area contributed by atoms with Crippen LogP contribution in [0.1, 0.15) is 18.4 Å². The van der Waals surface area contributed by atoms with Gasteiger partial charge in [0.2, 0.25) is 0 Å². The van der Waals surface area contributed by atoms with Crippen LogP contribution >= 0.6 is 0 Å². The number of ether oxygens (including phenoxy) is 1. The van der Waals surface area contributed by atoms with Gasteiger partial charge in [0.1, 0.15) is 0 Å². The van der Waals surface area contributed by atoms with E-state index in [1.807, 2.05) is 24.3 Å². The molecule has 0 amide bonds. The number of benzene rings is 1. The van der Waals surface area contributed by atoms with Crippen molar-refractivity contribution >= 4 is 5.69 Å². The zero-order chi connectivity index (χ0) is 10.5. The summed E-state index contributed by atoms with van der Waals surface area (Å²) < 4.78 is 5.29. The van der Waals surface area contributed by atoms with Crippen LogP contribution in [0.3, 0.4) is 0 Å². The largest absolute Gasteiger partial charge is 0.382 e. The number of hydrogen-bond donors (Lipinski definition) is 1. The number of rotatable bonds is 2. The van der Waals surface area contributed by atoms with Crippen LogP contribution in [0.2, 0.25) is 0 Å². The molecule has 1 heterocycles. The van der Waals surface area contributed by atoms with Crippen molar-refractivity contribution in [2.24, 2.45) is 0 Å². The summed E-state index contributed by atoms with van der Waals surface area (Å²) in [5, 5.41) is 12.1. The molecule has 0 spiro atoms. The van der Waals surface area contributed by atoms with Gasteiger partial charge in [-0.15, -0.1) is 0 Å². The van der Waals surface area contributed by atoms with Crippen LogP contribution in [0.4, 0.5) is 5.69 Å². The Balaban J connectivity index is 1.95. The fraction of sp³-hybridized carbons (Fsp3) is 0.417. The van der Waals surface area contributed by atoms with Crippen molar-refractivity contribution < 1.29 is 4.74 Å². The molecule has 15 heavy (non-hydrogen) atoms. The molecule has 0 aliphatic carbocycles. The Bertz CT molecular complexity index is 347. The van der Waals surface area contributed by atoms with Crippen molar-refractivity contribution in [1.82, 2.24) is 0 Å². The van der Waals surface area contributed by atoms with E-state index in [-0.39, 0.29) is 0 Å². The van der Waals surface area contributed by atoms with Gasteiger partial charge >= 0.3 is 0 Å². The van der Waals surface area contributed by atoms with Crippen LogP contribution < -0.4 is 5.32 Å². The monoisotopic (exact) mass is 202 g/mol. The van der Waals surface area contributed by atoms with Crippen LogP contribution in [-0.2, 0) is 4.74 Å². The van der Waals surface area contributed by atoms with Crippen molar-refractivity contribution in [3.63, 3.8) is 0 Å². The summed E-state index contributed by atoms with van der Waals surface area (Å²) in [5.41, 5.74) is 1.79. The van der Waals surface area contributed by atoms with E-state index in [1.54, 1.807) is 0 Å².